The fourth-order valence-corrected chi connectivity index (χ4v) is 4.81. The van der Waals surface area contributed by atoms with Crippen LogP contribution in [0.15, 0.2) is 33.7 Å². The Morgan fingerprint density at radius 2 is 1.65 bits per heavy atom. The number of hydrogen-bond donors (Lipinski definition) is 0. The summed E-state index contributed by atoms with van der Waals surface area (Å²) < 4.78 is 1.62. The summed E-state index contributed by atoms with van der Waals surface area (Å²) >= 11 is 2.66. The van der Waals surface area contributed by atoms with Crippen molar-refractivity contribution in [3.05, 3.63) is 33.7 Å². The summed E-state index contributed by atoms with van der Waals surface area (Å²) in [5.41, 5.74) is 4.09. The second-order valence-electron chi connectivity index (χ2n) is 4.56. The molecule has 0 aliphatic carbocycles. The van der Waals surface area contributed by atoms with Crippen LogP contribution in [0, 0.1) is 0 Å². The van der Waals surface area contributed by atoms with Crippen LogP contribution in [0.2, 0.25) is 5.82 Å². The second kappa shape index (κ2) is 10.1. The van der Waals surface area contributed by atoms with Gasteiger partial charge in [-0.05, 0) is 0 Å². The van der Waals surface area contributed by atoms with E-state index < -0.39 is 0 Å². The molecule has 0 rings (SSSR count). The molecule has 0 aliphatic rings. The van der Waals surface area contributed by atoms with Crippen LogP contribution in [0.4, 0.5) is 0 Å². The van der Waals surface area contributed by atoms with Gasteiger partial charge in [-0.3, -0.25) is 0 Å². The first-order chi connectivity index (χ1) is 8.01. The number of allylic oxidation sites excluding steroid dienone is 3. The van der Waals surface area contributed by atoms with Gasteiger partial charge in [-0.15, -0.1) is 0 Å². The Balaban J connectivity index is 4.72. The fourth-order valence-electron chi connectivity index (χ4n) is 1.55. The Morgan fingerprint density at radius 1 is 1.12 bits per heavy atom. The van der Waals surface area contributed by atoms with Crippen LogP contribution in [0.25, 0.3) is 0 Å². The Kier molecular flexibility index (Phi) is 10.1. The summed E-state index contributed by atoms with van der Waals surface area (Å²) in [6.45, 7) is 14.6. The molecular formula is C15H26SSe. The fraction of sp³-hybridized carbons (Fsp3) is 0.600. The monoisotopic (exact) mass is 318 g/mol. The number of rotatable bonds is 9. The van der Waals surface area contributed by atoms with Crippen molar-refractivity contribution in [3.63, 3.8) is 0 Å². The Morgan fingerprint density at radius 3 is 2.00 bits per heavy atom. The average molecular weight is 317 g/mol. The van der Waals surface area contributed by atoms with Crippen molar-refractivity contribution in [3.8, 4) is 0 Å². The molecule has 0 bridgehead atoms. The topological polar surface area (TPSA) is 0 Å². The maximum atomic E-state index is 4.05. The predicted octanol–water partition coefficient (Wildman–Crippen LogP) is 5.42. The van der Waals surface area contributed by atoms with Gasteiger partial charge in [0.05, 0.1) is 0 Å². The standard InChI is InChI=1S/C15H26SSe/c1-7-8-9-16-15(17-6)14(10-12(2)3)11-13(4)5/h2,4,7-11H2,1,3,5-6H3. The summed E-state index contributed by atoms with van der Waals surface area (Å²) in [6, 6.07) is 0. The summed E-state index contributed by atoms with van der Waals surface area (Å²) in [5, 5.41) is 0. The van der Waals surface area contributed by atoms with Crippen molar-refractivity contribution in [1.82, 2.24) is 0 Å². The Hall–Kier alpha value is 0.0895. The molecule has 0 nitrogen and oxygen atoms in total. The molecule has 0 heterocycles. The van der Waals surface area contributed by atoms with E-state index in [0.717, 1.165) is 12.8 Å². The molecule has 17 heavy (non-hydrogen) atoms. The van der Waals surface area contributed by atoms with Gasteiger partial charge in [-0.2, -0.15) is 0 Å². The van der Waals surface area contributed by atoms with Crippen molar-refractivity contribution < 1.29 is 0 Å². The van der Waals surface area contributed by atoms with Crippen molar-refractivity contribution in [2.75, 3.05) is 5.75 Å². The minimum atomic E-state index is 0.596. The van der Waals surface area contributed by atoms with Gasteiger partial charge in [0.15, 0.2) is 0 Å². The first-order valence-electron chi connectivity index (χ1n) is 6.18. The van der Waals surface area contributed by atoms with Crippen LogP contribution in [0.1, 0.15) is 46.5 Å². The van der Waals surface area contributed by atoms with Crippen LogP contribution in [0.5, 0.6) is 0 Å². The van der Waals surface area contributed by atoms with Gasteiger partial charge in [-0.25, -0.2) is 0 Å². The molecule has 0 aliphatic heterocycles. The van der Waals surface area contributed by atoms with E-state index in [1.807, 2.05) is 0 Å². The van der Waals surface area contributed by atoms with Gasteiger partial charge < -0.3 is 0 Å². The third-order valence-corrected chi connectivity index (χ3v) is 6.27. The van der Waals surface area contributed by atoms with E-state index in [1.165, 1.54) is 29.7 Å². The predicted molar refractivity (Wildman–Crippen MR) is 84.9 cm³/mol. The molecule has 98 valence electrons. The van der Waals surface area contributed by atoms with Crippen molar-refractivity contribution in [2.24, 2.45) is 0 Å². The molecule has 2 heteroatoms. The molecule has 0 saturated heterocycles. The molecule has 0 aromatic heterocycles. The van der Waals surface area contributed by atoms with E-state index in [-0.39, 0.29) is 0 Å². The SMILES string of the molecule is C=C(C)CC(CC(=C)C)=C(SCCCC)[Se]C. The molecule has 0 unspecified atom stereocenters. The van der Waals surface area contributed by atoms with Gasteiger partial charge in [0, 0.05) is 0 Å². The molecule has 0 fully saturated rings. The van der Waals surface area contributed by atoms with Crippen molar-refractivity contribution in [2.45, 2.75) is 52.3 Å². The van der Waals surface area contributed by atoms with Crippen molar-refractivity contribution in [1.29, 1.82) is 0 Å². The van der Waals surface area contributed by atoms with E-state index in [1.54, 1.807) is 9.38 Å². The van der Waals surface area contributed by atoms with Gasteiger partial charge in [0.1, 0.15) is 0 Å². The molecule has 0 amide bonds. The normalized spacial score (nSPS) is 10.1. The van der Waals surface area contributed by atoms with Crippen LogP contribution in [-0.4, -0.2) is 20.7 Å². The molecular weight excluding hydrogens is 291 g/mol. The van der Waals surface area contributed by atoms with E-state index in [9.17, 15) is 0 Å². The molecule has 0 aromatic rings. The van der Waals surface area contributed by atoms with Crippen LogP contribution < -0.4 is 0 Å². The molecule has 0 radical (unpaired) electrons. The second-order valence-corrected chi connectivity index (χ2v) is 7.97. The summed E-state index contributed by atoms with van der Waals surface area (Å²) in [7, 11) is 0. The van der Waals surface area contributed by atoms with Crippen LogP contribution in [-0.2, 0) is 0 Å². The van der Waals surface area contributed by atoms with Crippen LogP contribution in [0.3, 0.4) is 0 Å². The first-order valence-corrected chi connectivity index (χ1v) is 9.74. The third kappa shape index (κ3) is 8.76. The summed E-state index contributed by atoms with van der Waals surface area (Å²) in [5.74, 6) is 3.58. The first kappa shape index (κ1) is 17.1. The minimum absolute atomic E-state index is 0.596. The molecule has 0 spiro atoms. The average Bonchev–Trinajstić information content (AvgIpc) is 2.22. The molecule has 0 saturated carbocycles. The van der Waals surface area contributed by atoms with Gasteiger partial charge >= 0.3 is 118 Å². The number of thioether (sulfide) groups is 1. The summed E-state index contributed by atoms with van der Waals surface area (Å²) in [4.78, 5) is 0. The van der Waals surface area contributed by atoms with Crippen LogP contribution >= 0.6 is 11.8 Å². The summed E-state index contributed by atoms with van der Waals surface area (Å²) in [6.07, 6.45) is 4.71. The van der Waals surface area contributed by atoms with E-state index >= 15 is 0 Å². The zero-order chi connectivity index (χ0) is 13.3. The molecule has 0 N–H and O–H groups in total. The zero-order valence-electron chi connectivity index (χ0n) is 11.8. The number of hydrogen-bond acceptors (Lipinski definition) is 1. The van der Waals surface area contributed by atoms with Gasteiger partial charge in [-0.1, -0.05) is 0 Å². The Bertz CT molecular complexity index is 271. The van der Waals surface area contributed by atoms with E-state index in [2.05, 4.69) is 51.5 Å². The van der Waals surface area contributed by atoms with Crippen molar-refractivity contribution >= 4 is 26.7 Å². The number of unbranched alkanes of at least 4 members (excludes halogenated alkanes) is 1. The quantitative estimate of drug-likeness (QED) is 0.311. The zero-order valence-corrected chi connectivity index (χ0v) is 14.3. The molecule has 0 aromatic carbocycles. The van der Waals surface area contributed by atoms with Gasteiger partial charge in [0.25, 0.3) is 0 Å². The maximum absolute atomic E-state index is 4.05. The van der Waals surface area contributed by atoms with Gasteiger partial charge in [0.2, 0.25) is 0 Å². The van der Waals surface area contributed by atoms with E-state index in [0.29, 0.717) is 15.0 Å². The third-order valence-electron chi connectivity index (χ3n) is 2.24. The molecule has 0 atom stereocenters. The van der Waals surface area contributed by atoms with E-state index in [4.69, 9.17) is 0 Å². The Labute approximate surface area is 118 Å².